The van der Waals surface area contributed by atoms with Crippen LogP contribution in [0.15, 0.2) is 0 Å². The van der Waals surface area contributed by atoms with E-state index in [2.05, 4.69) is 29.2 Å². The van der Waals surface area contributed by atoms with E-state index in [1.54, 1.807) is 0 Å². The molecule has 0 aromatic carbocycles. The van der Waals surface area contributed by atoms with Crippen molar-refractivity contribution in [1.29, 1.82) is 0 Å². The Morgan fingerprint density at radius 1 is 1.48 bits per heavy atom. The summed E-state index contributed by atoms with van der Waals surface area (Å²) >= 11 is 0. The van der Waals surface area contributed by atoms with Gasteiger partial charge < -0.3 is 20.2 Å². The van der Waals surface area contributed by atoms with Crippen molar-refractivity contribution in [2.45, 2.75) is 50.6 Å². The number of aliphatic carboxylic acids is 1. The number of nitrogens with one attached hydrogen (secondary N) is 1. The second kappa shape index (κ2) is 7.07. The van der Waals surface area contributed by atoms with Crippen LogP contribution < -0.4 is 5.32 Å². The highest BCUT2D eigenvalue weighted by molar-refractivity contribution is 5.79. The third kappa shape index (κ3) is 3.96. The summed E-state index contributed by atoms with van der Waals surface area (Å²) in [5, 5.41) is 12.9. The molecule has 3 unspecified atom stereocenters. The number of likely N-dealkylation sites (tertiary alicyclic amines) is 1. The minimum atomic E-state index is -0.710. The summed E-state index contributed by atoms with van der Waals surface area (Å²) in [4.78, 5) is 16.5. The van der Waals surface area contributed by atoms with Gasteiger partial charge in [0.15, 0.2) is 0 Å². The SMILES string of the molecule is CCNC1(C(=O)O)CCCC(N(C)CC2CCN(C)C2)C1. The Bertz CT molecular complexity index is 359. The molecule has 2 N–H and O–H groups in total. The predicted molar refractivity (Wildman–Crippen MR) is 84.5 cm³/mol. The van der Waals surface area contributed by atoms with Crippen molar-refractivity contribution in [3.63, 3.8) is 0 Å². The largest absolute Gasteiger partial charge is 0.480 e. The molecule has 1 aliphatic heterocycles. The van der Waals surface area contributed by atoms with Crippen LogP contribution in [-0.2, 0) is 4.79 Å². The highest BCUT2D eigenvalue weighted by atomic mass is 16.4. The van der Waals surface area contributed by atoms with Crippen LogP contribution in [0.5, 0.6) is 0 Å². The number of carboxylic acid groups (broad SMARTS) is 1. The van der Waals surface area contributed by atoms with E-state index in [1.165, 1.54) is 19.5 Å². The summed E-state index contributed by atoms with van der Waals surface area (Å²) in [5.41, 5.74) is -0.710. The lowest BCUT2D eigenvalue weighted by molar-refractivity contribution is -0.147. The zero-order valence-electron chi connectivity index (χ0n) is 13.8. The molecule has 0 amide bonds. The number of hydrogen-bond acceptors (Lipinski definition) is 4. The van der Waals surface area contributed by atoms with E-state index in [0.717, 1.165) is 44.7 Å². The molecule has 5 nitrogen and oxygen atoms in total. The molecule has 1 saturated carbocycles. The van der Waals surface area contributed by atoms with Gasteiger partial charge in [0.1, 0.15) is 5.54 Å². The summed E-state index contributed by atoms with van der Waals surface area (Å²) in [7, 11) is 4.36. The minimum absolute atomic E-state index is 0.389. The monoisotopic (exact) mass is 297 g/mol. The Hall–Kier alpha value is -0.650. The minimum Gasteiger partial charge on any atom is -0.480 e. The molecular weight excluding hydrogens is 266 g/mol. The molecule has 122 valence electrons. The van der Waals surface area contributed by atoms with Gasteiger partial charge in [-0.3, -0.25) is 4.79 Å². The fraction of sp³-hybridized carbons (Fsp3) is 0.938. The van der Waals surface area contributed by atoms with E-state index in [0.29, 0.717) is 6.04 Å². The van der Waals surface area contributed by atoms with E-state index < -0.39 is 11.5 Å². The lowest BCUT2D eigenvalue weighted by atomic mass is 9.78. The Morgan fingerprint density at radius 2 is 2.24 bits per heavy atom. The quantitative estimate of drug-likeness (QED) is 0.773. The van der Waals surface area contributed by atoms with E-state index in [-0.39, 0.29) is 0 Å². The lowest BCUT2D eigenvalue weighted by Gasteiger charge is -2.42. The fourth-order valence-corrected chi connectivity index (χ4v) is 4.12. The van der Waals surface area contributed by atoms with Gasteiger partial charge >= 0.3 is 5.97 Å². The van der Waals surface area contributed by atoms with Gasteiger partial charge in [-0.25, -0.2) is 0 Å². The van der Waals surface area contributed by atoms with Crippen LogP contribution in [-0.4, -0.2) is 72.7 Å². The molecular formula is C16H31N3O2. The second-order valence-electron chi connectivity index (χ2n) is 7.02. The van der Waals surface area contributed by atoms with Gasteiger partial charge in [-0.2, -0.15) is 0 Å². The molecule has 0 radical (unpaired) electrons. The number of carboxylic acids is 1. The molecule has 0 aromatic rings. The fourth-order valence-electron chi connectivity index (χ4n) is 4.12. The van der Waals surface area contributed by atoms with Crippen LogP contribution in [0, 0.1) is 5.92 Å². The van der Waals surface area contributed by atoms with Crippen LogP contribution in [0.2, 0.25) is 0 Å². The Morgan fingerprint density at radius 3 is 2.81 bits per heavy atom. The zero-order valence-corrected chi connectivity index (χ0v) is 13.8. The molecule has 21 heavy (non-hydrogen) atoms. The van der Waals surface area contributed by atoms with Gasteiger partial charge in [-0.1, -0.05) is 6.92 Å². The van der Waals surface area contributed by atoms with Gasteiger partial charge in [-0.05, 0) is 65.2 Å². The van der Waals surface area contributed by atoms with Crippen molar-refractivity contribution >= 4 is 5.97 Å². The molecule has 0 bridgehead atoms. The van der Waals surface area contributed by atoms with Crippen LogP contribution in [0.25, 0.3) is 0 Å². The molecule has 0 aromatic heterocycles. The van der Waals surface area contributed by atoms with E-state index in [1.807, 2.05) is 6.92 Å². The maximum Gasteiger partial charge on any atom is 0.323 e. The van der Waals surface area contributed by atoms with Crippen molar-refractivity contribution in [1.82, 2.24) is 15.1 Å². The van der Waals surface area contributed by atoms with Gasteiger partial charge in [0.25, 0.3) is 0 Å². The van der Waals surface area contributed by atoms with Crippen LogP contribution in [0.4, 0.5) is 0 Å². The van der Waals surface area contributed by atoms with E-state index in [4.69, 9.17) is 0 Å². The smallest absolute Gasteiger partial charge is 0.323 e. The molecule has 0 spiro atoms. The summed E-state index contributed by atoms with van der Waals surface area (Å²) in [5.74, 6) is 0.0586. The predicted octanol–water partition coefficient (Wildman–Crippen LogP) is 1.25. The highest BCUT2D eigenvalue weighted by Crippen LogP contribution is 2.32. The van der Waals surface area contributed by atoms with Gasteiger partial charge in [0.2, 0.25) is 0 Å². The normalized spacial score (nSPS) is 34.5. The average molecular weight is 297 g/mol. The number of hydrogen-bond donors (Lipinski definition) is 2. The van der Waals surface area contributed by atoms with Crippen molar-refractivity contribution < 1.29 is 9.90 Å². The molecule has 1 aliphatic carbocycles. The van der Waals surface area contributed by atoms with E-state index in [9.17, 15) is 9.90 Å². The third-order valence-corrected chi connectivity index (χ3v) is 5.31. The number of nitrogens with zero attached hydrogens (tertiary/aromatic N) is 2. The molecule has 1 saturated heterocycles. The second-order valence-corrected chi connectivity index (χ2v) is 7.02. The third-order valence-electron chi connectivity index (χ3n) is 5.31. The lowest BCUT2D eigenvalue weighted by Crippen LogP contribution is -2.58. The number of rotatable bonds is 6. The Labute approximate surface area is 128 Å². The highest BCUT2D eigenvalue weighted by Gasteiger charge is 2.43. The van der Waals surface area contributed by atoms with Crippen LogP contribution >= 0.6 is 0 Å². The first-order valence-corrected chi connectivity index (χ1v) is 8.34. The van der Waals surface area contributed by atoms with Crippen molar-refractivity contribution in [3.8, 4) is 0 Å². The summed E-state index contributed by atoms with van der Waals surface area (Å²) in [6.07, 6.45) is 4.88. The van der Waals surface area contributed by atoms with Crippen molar-refractivity contribution in [2.75, 3.05) is 40.3 Å². The Balaban J connectivity index is 1.94. The molecule has 2 rings (SSSR count). The van der Waals surface area contributed by atoms with Crippen molar-refractivity contribution in [3.05, 3.63) is 0 Å². The van der Waals surface area contributed by atoms with E-state index >= 15 is 0 Å². The maximum atomic E-state index is 11.7. The van der Waals surface area contributed by atoms with Gasteiger partial charge in [-0.15, -0.1) is 0 Å². The Kier molecular flexibility index (Phi) is 5.63. The summed E-state index contributed by atoms with van der Waals surface area (Å²) in [6.45, 7) is 6.17. The molecule has 2 aliphatic rings. The number of carbonyl (C=O) groups is 1. The molecule has 2 fully saturated rings. The number of likely N-dealkylation sites (N-methyl/N-ethyl adjacent to an activating group) is 1. The standard InChI is InChI=1S/C16H31N3O2/c1-4-17-16(15(20)21)8-5-6-14(10-16)19(3)12-13-7-9-18(2)11-13/h13-14,17H,4-12H2,1-3H3,(H,20,21). The van der Waals surface area contributed by atoms with Crippen molar-refractivity contribution in [2.24, 2.45) is 5.92 Å². The van der Waals surface area contributed by atoms with Crippen LogP contribution in [0.1, 0.15) is 39.0 Å². The topological polar surface area (TPSA) is 55.8 Å². The molecule has 1 heterocycles. The summed E-state index contributed by atoms with van der Waals surface area (Å²) < 4.78 is 0. The van der Waals surface area contributed by atoms with Gasteiger partial charge in [0, 0.05) is 19.1 Å². The summed E-state index contributed by atoms with van der Waals surface area (Å²) in [6, 6.07) is 0.389. The first-order chi connectivity index (χ1) is 9.97. The maximum absolute atomic E-state index is 11.7. The van der Waals surface area contributed by atoms with Gasteiger partial charge in [0.05, 0.1) is 0 Å². The molecule has 5 heteroatoms. The first kappa shape index (κ1) is 16.7. The molecule has 3 atom stereocenters. The zero-order chi connectivity index (χ0) is 15.5. The first-order valence-electron chi connectivity index (χ1n) is 8.34. The van der Waals surface area contributed by atoms with Crippen LogP contribution in [0.3, 0.4) is 0 Å². The average Bonchev–Trinajstić information content (AvgIpc) is 2.84.